The molecule has 0 aromatic heterocycles. The van der Waals surface area contributed by atoms with E-state index in [9.17, 15) is 0 Å². The Morgan fingerprint density at radius 2 is 1.50 bits per heavy atom. The predicted molar refractivity (Wildman–Crippen MR) is 36.0 cm³/mol. The van der Waals surface area contributed by atoms with Crippen LogP contribution in [0.5, 0.6) is 0 Å². The second-order valence-electron chi connectivity index (χ2n) is 2.72. The van der Waals surface area contributed by atoms with Crippen LogP contribution in [0.3, 0.4) is 0 Å². The maximum atomic E-state index is 9.12. The Morgan fingerprint density at radius 3 is 2.00 bits per heavy atom. The number of ether oxygens (including phenoxy) is 1. The standard InChI is InChI=1S/C6H12O6/c7-1-2-3(8)4(9)5(10)6(11)12-2/h2-11H,1H2/t2-,3?,4?,5-,6-/m1/s1. The summed E-state index contributed by atoms with van der Waals surface area (Å²) in [4.78, 5) is 0. The van der Waals surface area contributed by atoms with Gasteiger partial charge in [-0.05, 0) is 0 Å². The van der Waals surface area contributed by atoms with Crippen molar-refractivity contribution in [2.24, 2.45) is 0 Å². The number of aliphatic hydroxyl groups excluding tert-OH is 5. The monoisotopic (exact) mass is 180 g/mol. The molecule has 5 atom stereocenters. The first-order valence-electron chi connectivity index (χ1n) is 3.56. The summed E-state index contributed by atoms with van der Waals surface area (Å²) in [7, 11) is 0. The molecule has 1 rings (SSSR count). The van der Waals surface area contributed by atoms with E-state index in [-0.39, 0.29) is 0 Å². The molecule has 12 heavy (non-hydrogen) atoms. The quantitative estimate of drug-likeness (QED) is 0.290. The van der Waals surface area contributed by atoms with Crippen molar-refractivity contribution in [2.45, 2.75) is 30.7 Å². The van der Waals surface area contributed by atoms with E-state index >= 15 is 0 Å². The maximum Gasteiger partial charge on any atom is 0.184 e. The van der Waals surface area contributed by atoms with Crippen molar-refractivity contribution in [3.63, 3.8) is 0 Å². The third-order valence-electron chi connectivity index (χ3n) is 1.87. The predicted octanol–water partition coefficient (Wildman–Crippen LogP) is -3.22. The molecule has 1 heterocycles. The van der Waals surface area contributed by atoms with Crippen LogP contribution in [0.1, 0.15) is 0 Å². The van der Waals surface area contributed by atoms with Gasteiger partial charge < -0.3 is 30.3 Å². The van der Waals surface area contributed by atoms with Gasteiger partial charge in [0.05, 0.1) is 6.61 Å². The van der Waals surface area contributed by atoms with Crippen LogP contribution in [0.2, 0.25) is 0 Å². The molecular formula is C6H12O6. The van der Waals surface area contributed by atoms with E-state index in [1.165, 1.54) is 0 Å². The Balaban J connectivity index is 2.63. The minimum Gasteiger partial charge on any atom is -0.394 e. The SMILES string of the molecule is OC[C@H]1O[C@@H](O)[C@H](O)C(O)C1O. The van der Waals surface area contributed by atoms with Gasteiger partial charge in [0.25, 0.3) is 0 Å². The minimum atomic E-state index is -1.57. The summed E-state index contributed by atoms with van der Waals surface area (Å²) in [6.07, 6.45) is -7.04. The molecule has 0 aromatic rings. The van der Waals surface area contributed by atoms with Crippen LogP contribution >= 0.6 is 0 Å². The molecule has 1 aliphatic rings. The highest BCUT2D eigenvalue weighted by molar-refractivity contribution is 4.87. The van der Waals surface area contributed by atoms with Crippen molar-refractivity contribution >= 4 is 0 Å². The second-order valence-corrected chi connectivity index (χ2v) is 2.72. The van der Waals surface area contributed by atoms with Gasteiger partial charge in [0.2, 0.25) is 0 Å². The van der Waals surface area contributed by atoms with E-state index in [0.29, 0.717) is 0 Å². The lowest BCUT2D eigenvalue weighted by Crippen LogP contribution is -2.58. The lowest BCUT2D eigenvalue weighted by molar-refractivity contribution is -0.286. The smallest absolute Gasteiger partial charge is 0.184 e. The van der Waals surface area contributed by atoms with Crippen molar-refractivity contribution in [2.75, 3.05) is 6.61 Å². The van der Waals surface area contributed by atoms with E-state index in [1.54, 1.807) is 0 Å². The molecule has 72 valence electrons. The van der Waals surface area contributed by atoms with Crippen LogP contribution < -0.4 is 0 Å². The first-order valence-corrected chi connectivity index (χ1v) is 3.56. The summed E-state index contributed by atoms with van der Waals surface area (Å²) in [5.74, 6) is 0. The molecule has 1 saturated heterocycles. The molecular weight excluding hydrogens is 168 g/mol. The second kappa shape index (κ2) is 3.65. The number of hydrogen-bond donors (Lipinski definition) is 5. The van der Waals surface area contributed by atoms with Crippen LogP contribution in [0, 0.1) is 0 Å². The van der Waals surface area contributed by atoms with Crippen LogP contribution in [-0.2, 0) is 4.74 Å². The number of hydrogen-bond acceptors (Lipinski definition) is 6. The highest BCUT2D eigenvalue weighted by Crippen LogP contribution is 2.18. The van der Waals surface area contributed by atoms with Crippen LogP contribution in [0.25, 0.3) is 0 Å². The van der Waals surface area contributed by atoms with Crippen LogP contribution in [0.15, 0.2) is 0 Å². The van der Waals surface area contributed by atoms with E-state index in [2.05, 4.69) is 4.74 Å². The van der Waals surface area contributed by atoms with Crippen LogP contribution in [-0.4, -0.2) is 62.8 Å². The Kier molecular flexibility index (Phi) is 2.99. The Bertz CT molecular complexity index is 146. The van der Waals surface area contributed by atoms with Crippen LogP contribution in [0.4, 0.5) is 0 Å². The summed E-state index contributed by atoms with van der Waals surface area (Å²) in [5.41, 5.74) is 0. The molecule has 6 heteroatoms. The van der Waals surface area contributed by atoms with Gasteiger partial charge in [-0.25, -0.2) is 0 Å². The molecule has 0 radical (unpaired) electrons. The van der Waals surface area contributed by atoms with Gasteiger partial charge in [-0.3, -0.25) is 0 Å². The highest BCUT2D eigenvalue weighted by Gasteiger charge is 2.42. The molecule has 5 N–H and O–H groups in total. The first kappa shape index (κ1) is 9.85. The van der Waals surface area contributed by atoms with E-state index < -0.39 is 37.3 Å². The normalized spacial score (nSPS) is 49.2. The van der Waals surface area contributed by atoms with Crippen molar-refractivity contribution in [1.29, 1.82) is 0 Å². The first-order chi connectivity index (χ1) is 5.57. The summed E-state index contributed by atoms with van der Waals surface area (Å²) in [5, 5.41) is 44.7. The lowest BCUT2D eigenvalue weighted by atomic mass is 10.00. The van der Waals surface area contributed by atoms with E-state index in [1.807, 2.05) is 0 Å². The van der Waals surface area contributed by atoms with Gasteiger partial charge in [0.1, 0.15) is 24.4 Å². The van der Waals surface area contributed by atoms with Crippen molar-refractivity contribution in [3.8, 4) is 0 Å². The fourth-order valence-electron chi connectivity index (χ4n) is 1.08. The number of rotatable bonds is 1. The molecule has 1 fully saturated rings. The molecule has 1 aliphatic heterocycles. The molecule has 0 aromatic carbocycles. The van der Waals surface area contributed by atoms with Gasteiger partial charge >= 0.3 is 0 Å². The van der Waals surface area contributed by atoms with Gasteiger partial charge in [-0.1, -0.05) is 0 Å². The topological polar surface area (TPSA) is 110 Å². The molecule has 0 aliphatic carbocycles. The van der Waals surface area contributed by atoms with Crippen molar-refractivity contribution in [1.82, 2.24) is 0 Å². The zero-order chi connectivity index (χ0) is 9.30. The number of aliphatic hydroxyl groups is 5. The Labute approximate surface area is 68.6 Å². The zero-order valence-corrected chi connectivity index (χ0v) is 6.24. The average molecular weight is 180 g/mol. The molecule has 0 saturated carbocycles. The van der Waals surface area contributed by atoms with E-state index in [4.69, 9.17) is 25.5 Å². The Hall–Kier alpha value is -0.240. The molecule has 0 bridgehead atoms. The summed E-state index contributed by atoms with van der Waals surface area (Å²) in [6, 6.07) is 0. The zero-order valence-electron chi connectivity index (χ0n) is 6.24. The fourth-order valence-corrected chi connectivity index (χ4v) is 1.08. The van der Waals surface area contributed by atoms with E-state index in [0.717, 1.165) is 0 Å². The summed E-state index contributed by atoms with van der Waals surface area (Å²) < 4.78 is 4.58. The molecule has 6 nitrogen and oxygen atoms in total. The minimum absolute atomic E-state index is 0.526. The van der Waals surface area contributed by atoms with Gasteiger partial charge in [0.15, 0.2) is 6.29 Å². The van der Waals surface area contributed by atoms with Gasteiger partial charge in [-0.2, -0.15) is 0 Å². The van der Waals surface area contributed by atoms with Crippen molar-refractivity contribution in [3.05, 3.63) is 0 Å². The van der Waals surface area contributed by atoms with Gasteiger partial charge in [0, 0.05) is 0 Å². The highest BCUT2D eigenvalue weighted by atomic mass is 16.6. The molecule has 0 spiro atoms. The summed E-state index contributed by atoms with van der Waals surface area (Å²) >= 11 is 0. The molecule has 0 amide bonds. The third kappa shape index (κ3) is 1.58. The Morgan fingerprint density at radius 1 is 0.917 bits per heavy atom. The molecule has 2 unspecified atom stereocenters. The average Bonchev–Trinajstić information content (AvgIpc) is 2.08. The third-order valence-corrected chi connectivity index (χ3v) is 1.87. The van der Waals surface area contributed by atoms with Gasteiger partial charge in [-0.15, -0.1) is 0 Å². The maximum absolute atomic E-state index is 9.12. The lowest BCUT2D eigenvalue weighted by Gasteiger charge is -2.37. The van der Waals surface area contributed by atoms with Crippen molar-refractivity contribution < 1.29 is 30.3 Å². The fraction of sp³-hybridized carbons (Fsp3) is 1.00. The summed E-state index contributed by atoms with van der Waals surface area (Å²) in [6.45, 7) is -0.526. The largest absolute Gasteiger partial charge is 0.394 e.